The highest BCUT2D eigenvalue weighted by Crippen LogP contribution is 2.17. The minimum absolute atomic E-state index is 0.208. The van der Waals surface area contributed by atoms with Crippen LogP contribution in [0.2, 0.25) is 5.02 Å². The fourth-order valence-corrected chi connectivity index (χ4v) is 2.08. The van der Waals surface area contributed by atoms with E-state index in [1.807, 2.05) is 6.07 Å². The maximum atomic E-state index is 11.9. The van der Waals surface area contributed by atoms with Gasteiger partial charge in [-0.1, -0.05) is 23.7 Å². The molecule has 0 radical (unpaired) electrons. The van der Waals surface area contributed by atoms with Crippen molar-refractivity contribution in [3.63, 3.8) is 0 Å². The van der Waals surface area contributed by atoms with E-state index in [2.05, 4.69) is 5.32 Å². The van der Waals surface area contributed by atoms with Crippen molar-refractivity contribution in [1.82, 2.24) is 5.32 Å². The zero-order valence-electron chi connectivity index (χ0n) is 13.9. The summed E-state index contributed by atoms with van der Waals surface area (Å²) in [5.41, 5.74) is 1.22. The quantitative estimate of drug-likeness (QED) is 0.568. The van der Waals surface area contributed by atoms with Crippen LogP contribution in [0.4, 0.5) is 0 Å². The van der Waals surface area contributed by atoms with Gasteiger partial charge in [-0.05, 0) is 42.0 Å². The van der Waals surface area contributed by atoms with E-state index in [-0.39, 0.29) is 19.6 Å². The summed E-state index contributed by atoms with van der Waals surface area (Å²) in [5, 5.41) is 11.5. The molecular weight excluding hydrogens is 356 g/mol. The zero-order valence-corrected chi connectivity index (χ0v) is 14.7. The first-order valence-electron chi connectivity index (χ1n) is 7.86. The fraction of sp³-hybridized carbons (Fsp3) is 0.211. The van der Waals surface area contributed by atoms with Crippen LogP contribution in [0.25, 0.3) is 0 Å². The lowest BCUT2D eigenvalue weighted by Gasteiger charge is -2.08. The van der Waals surface area contributed by atoms with Gasteiger partial charge < -0.3 is 14.8 Å². The molecule has 0 atom stereocenters. The number of nitriles is 1. The normalized spacial score (nSPS) is 9.85. The number of nitrogens with one attached hydrogen (secondary N) is 1. The number of hydrogen-bond acceptors (Lipinski definition) is 5. The second-order valence-electron chi connectivity index (χ2n) is 5.27. The fourth-order valence-electron chi connectivity index (χ4n) is 1.96. The van der Waals surface area contributed by atoms with E-state index in [1.165, 1.54) is 0 Å². The predicted molar refractivity (Wildman–Crippen MR) is 95.7 cm³/mol. The Kier molecular flexibility index (Phi) is 7.47. The van der Waals surface area contributed by atoms with Crippen molar-refractivity contribution in [1.29, 1.82) is 5.26 Å². The third-order valence-electron chi connectivity index (χ3n) is 3.30. The van der Waals surface area contributed by atoms with Crippen LogP contribution in [0.3, 0.4) is 0 Å². The molecule has 0 heterocycles. The molecule has 6 nitrogen and oxygen atoms in total. The van der Waals surface area contributed by atoms with Crippen LogP contribution in [0, 0.1) is 11.3 Å². The number of ether oxygens (including phenoxy) is 2. The largest absolute Gasteiger partial charge is 0.489 e. The van der Waals surface area contributed by atoms with Gasteiger partial charge in [0.25, 0.3) is 5.91 Å². The van der Waals surface area contributed by atoms with Crippen molar-refractivity contribution in [2.75, 3.05) is 13.2 Å². The maximum absolute atomic E-state index is 11.9. The average molecular weight is 373 g/mol. The zero-order chi connectivity index (χ0) is 18.8. The predicted octanol–water partition coefficient (Wildman–Crippen LogP) is 3.11. The monoisotopic (exact) mass is 372 g/mol. The summed E-state index contributed by atoms with van der Waals surface area (Å²) >= 11 is 5.82. The van der Waals surface area contributed by atoms with Crippen LogP contribution in [-0.4, -0.2) is 25.0 Å². The lowest BCUT2D eigenvalue weighted by Crippen LogP contribution is -2.29. The van der Waals surface area contributed by atoms with Gasteiger partial charge in [-0.3, -0.25) is 4.79 Å². The Morgan fingerprint density at radius 2 is 1.77 bits per heavy atom. The molecule has 1 N–H and O–H groups in total. The van der Waals surface area contributed by atoms with Gasteiger partial charge in [-0.15, -0.1) is 0 Å². The number of hydrogen-bond donors (Lipinski definition) is 1. The smallest absolute Gasteiger partial charge is 0.338 e. The van der Waals surface area contributed by atoms with Crippen LogP contribution in [0.1, 0.15) is 22.3 Å². The molecule has 0 aliphatic rings. The molecule has 0 fully saturated rings. The Morgan fingerprint density at radius 3 is 2.42 bits per heavy atom. The van der Waals surface area contributed by atoms with Gasteiger partial charge in [0.05, 0.1) is 18.1 Å². The summed E-state index contributed by atoms with van der Waals surface area (Å²) in [6.07, 6.45) is 0.208. The van der Waals surface area contributed by atoms with Crippen molar-refractivity contribution in [3.8, 4) is 11.8 Å². The summed E-state index contributed by atoms with van der Waals surface area (Å²) in [4.78, 5) is 23.3. The minimum atomic E-state index is -0.592. The Balaban J connectivity index is 1.78. The average Bonchev–Trinajstić information content (AvgIpc) is 2.66. The van der Waals surface area contributed by atoms with E-state index >= 15 is 0 Å². The third-order valence-corrected chi connectivity index (χ3v) is 3.55. The van der Waals surface area contributed by atoms with E-state index in [9.17, 15) is 9.59 Å². The topological polar surface area (TPSA) is 88.4 Å². The molecule has 0 aliphatic carbocycles. The first-order valence-corrected chi connectivity index (χ1v) is 8.24. The van der Waals surface area contributed by atoms with E-state index < -0.39 is 11.9 Å². The molecule has 26 heavy (non-hydrogen) atoms. The van der Waals surface area contributed by atoms with Crippen LogP contribution in [0.15, 0.2) is 48.5 Å². The molecular formula is C19H17ClN2O4. The van der Waals surface area contributed by atoms with Crippen molar-refractivity contribution < 1.29 is 19.1 Å². The van der Waals surface area contributed by atoms with E-state index in [1.54, 1.807) is 48.5 Å². The van der Waals surface area contributed by atoms with Gasteiger partial charge in [0.1, 0.15) is 12.4 Å². The van der Waals surface area contributed by atoms with Crippen LogP contribution >= 0.6 is 11.6 Å². The van der Waals surface area contributed by atoms with Gasteiger partial charge >= 0.3 is 5.97 Å². The number of carbonyl (C=O) groups excluding carboxylic acids is 2. The molecule has 134 valence electrons. The second kappa shape index (κ2) is 10.1. The Morgan fingerprint density at radius 1 is 1.08 bits per heavy atom. The molecule has 0 aliphatic heterocycles. The molecule has 0 unspecified atom stereocenters. The van der Waals surface area contributed by atoms with Gasteiger partial charge in [-0.25, -0.2) is 4.79 Å². The summed E-state index contributed by atoms with van der Waals surface area (Å²) < 4.78 is 10.5. The number of amides is 1. The molecule has 0 saturated heterocycles. The molecule has 0 saturated carbocycles. The van der Waals surface area contributed by atoms with Crippen molar-refractivity contribution in [2.24, 2.45) is 0 Å². The van der Waals surface area contributed by atoms with E-state index in [0.717, 1.165) is 5.56 Å². The van der Waals surface area contributed by atoms with Crippen LogP contribution in [-0.2, 0) is 16.1 Å². The molecule has 2 rings (SSSR count). The van der Waals surface area contributed by atoms with Crippen molar-refractivity contribution in [3.05, 3.63) is 64.7 Å². The highest BCUT2D eigenvalue weighted by Gasteiger charge is 2.10. The van der Waals surface area contributed by atoms with Crippen molar-refractivity contribution in [2.45, 2.75) is 13.0 Å². The number of benzene rings is 2. The van der Waals surface area contributed by atoms with E-state index in [4.69, 9.17) is 26.3 Å². The summed E-state index contributed by atoms with van der Waals surface area (Å²) in [6.45, 7) is 0.194. The van der Waals surface area contributed by atoms with Crippen molar-refractivity contribution >= 4 is 23.5 Å². The number of nitrogens with zero attached hydrogens (tertiary/aromatic N) is 1. The molecule has 0 aromatic heterocycles. The maximum Gasteiger partial charge on any atom is 0.338 e. The number of halogens is 1. The molecule has 2 aromatic carbocycles. The van der Waals surface area contributed by atoms with Gasteiger partial charge in [0.15, 0.2) is 6.61 Å². The molecule has 0 bridgehead atoms. The summed E-state index contributed by atoms with van der Waals surface area (Å²) in [6, 6.07) is 15.6. The Hall–Kier alpha value is -3.04. The molecule has 2 aromatic rings. The van der Waals surface area contributed by atoms with Gasteiger partial charge in [0.2, 0.25) is 0 Å². The summed E-state index contributed by atoms with van der Waals surface area (Å²) in [7, 11) is 0. The minimum Gasteiger partial charge on any atom is -0.489 e. The lowest BCUT2D eigenvalue weighted by atomic mass is 10.1. The number of rotatable bonds is 8. The van der Waals surface area contributed by atoms with Gasteiger partial charge in [0, 0.05) is 11.6 Å². The van der Waals surface area contributed by atoms with Crippen LogP contribution < -0.4 is 10.1 Å². The molecule has 1 amide bonds. The van der Waals surface area contributed by atoms with E-state index in [0.29, 0.717) is 22.9 Å². The first kappa shape index (κ1) is 19.3. The standard InChI is InChI=1S/C19H17ClN2O4/c20-16-6-8-17(9-7-16)25-12-14-2-4-15(5-3-14)19(24)26-13-18(23)22-11-1-10-21/h2-9H,1,11-13H2,(H,22,23). The highest BCUT2D eigenvalue weighted by molar-refractivity contribution is 6.30. The van der Waals surface area contributed by atoms with Gasteiger partial charge in [-0.2, -0.15) is 5.26 Å². The third kappa shape index (κ3) is 6.46. The number of esters is 1. The first-order chi connectivity index (χ1) is 12.6. The Bertz CT molecular complexity index is 783. The number of carbonyl (C=O) groups is 2. The van der Waals surface area contributed by atoms with Crippen LogP contribution in [0.5, 0.6) is 5.75 Å². The lowest BCUT2D eigenvalue weighted by molar-refractivity contribution is -0.124. The SMILES string of the molecule is N#CCCNC(=O)COC(=O)c1ccc(COc2ccc(Cl)cc2)cc1. The molecule has 0 spiro atoms. The Labute approximate surface area is 156 Å². The highest BCUT2D eigenvalue weighted by atomic mass is 35.5. The second-order valence-corrected chi connectivity index (χ2v) is 5.71. The molecule has 7 heteroatoms. The summed E-state index contributed by atoms with van der Waals surface area (Å²) in [5.74, 6) is -0.340.